The van der Waals surface area contributed by atoms with E-state index in [1.54, 1.807) is 60.3 Å². The van der Waals surface area contributed by atoms with E-state index in [4.69, 9.17) is 128 Å². The second-order valence-corrected chi connectivity index (χ2v) is 43.9. The van der Waals surface area contributed by atoms with Gasteiger partial charge in [-0.2, -0.15) is 38.8 Å². The normalized spacial score (nSPS) is 19.9. The van der Waals surface area contributed by atoms with Crippen molar-refractivity contribution in [3.05, 3.63) is 183 Å². The van der Waals surface area contributed by atoms with Crippen LogP contribution in [-0.2, 0) is 20.4 Å². The van der Waals surface area contributed by atoms with Gasteiger partial charge in [-0.05, 0) is 251 Å². The number of likely N-dealkylation sites (tertiary alicyclic amines) is 4. The Bertz CT molecular complexity index is 6600. The Morgan fingerprint density at radius 2 is 0.738 bits per heavy atom. The number of ether oxygens (including phenoxy) is 2. The molecule has 8 aliphatic rings. The van der Waals surface area contributed by atoms with Crippen LogP contribution in [0.25, 0.3) is 44.7 Å². The van der Waals surface area contributed by atoms with Crippen molar-refractivity contribution in [2.24, 2.45) is 47.3 Å². The van der Waals surface area contributed by atoms with E-state index < -0.39 is 17.9 Å². The third kappa shape index (κ3) is 25.6. The quantitative estimate of drug-likeness (QED) is 0.0354. The van der Waals surface area contributed by atoms with Crippen molar-refractivity contribution in [3.63, 3.8) is 0 Å². The number of hydrogen-bond acceptors (Lipinski definition) is 27. The highest BCUT2D eigenvalue weighted by Gasteiger charge is 2.45. The second-order valence-electron chi connectivity index (χ2n) is 40.6. The Kier molecular flexibility index (Phi) is 36.0. The first-order chi connectivity index (χ1) is 71.6. The molecule has 0 bridgehead atoms. The summed E-state index contributed by atoms with van der Waals surface area (Å²) in [6.07, 6.45) is 11.9. The Morgan fingerprint density at radius 1 is 0.430 bits per heavy atom. The standard InChI is InChI=1S/C26H30Cl2F3N7O.2C26H33Cl2N7O2.C26H31Cl2N7O/c1-15(20-6-5-19(27)10-21(20)28)38-25-23(24(35-38)26(29,30)31)33-11-22(34-25)37-13-18(14-37)17-4-3-8-36(12-17)9-7-32-16(2)39;2*1-16-24-25(35(32-16)17(2)21-7-6-20(27)11-22(21)28)31-23(12-30-24)34-14-19(15-34)18-5-4-9-33(13-18)10-8-29-26(36)37-3;1-16(7-9-36)33-8-3-4-18(13-33)19-14-34(15-19)24-12-30-25-23(11-29)32-35(26(25)31-24)17(2)21-6-5-20(27)10-22(21)28/h5-6,10-11,15,17-18H,3-4,7-9,12-14H2,1-2H3,(H,32,39);2*6-7,11-12,17-19H,4-5,8-10,13-15H2,1-3H3,(H,29,36);5-6,10,12,16-19,36H,3-4,7-9,13-15H2,1-2H3/t15-,17-;17-,18+;17-,18-;16-,17-,18-/m1111/s1. The second kappa shape index (κ2) is 48.8. The molecule has 3 amide bonds. The van der Waals surface area contributed by atoms with Crippen LogP contribution < -0.4 is 35.6 Å². The number of benzene rings is 4. The maximum atomic E-state index is 13.8. The number of aliphatic hydroxyl groups excluding tert-OH is 1. The van der Waals surface area contributed by atoms with Crippen LogP contribution >= 0.6 is 92.8 Å². The highest BCUT2D eigenvalue weighted by atomic mass is 35.5. The first-order valence-electron chi connectivity index (χ1n) is 51.2. The van der Waals surface area contributed by atoms with Crippen molar-refractivity contribution < 1.29 is 42.1 Å². The molecule has 9 atom stereocenters. The first-order valence-corrected chi connectivity index (χ1v) is 54.2. The number of nitrogens with one attached hydrogen (secondary N) is 3. The summed E-state index contributed by atoms with van der Waals surface area (Å²) in [6, 6.07) is 22.8. The molecule has 8 saturated heterocycles. The van der Waals surface area contributed by atoms with E-state index in [1.807, 2.05) is 72.9 Å². The topological polar surface area (TPSA) is 350 Å². The molecule has 8 aromatic heterocycles. The minimum absolute atomic E-state index is 0.0226. The highest BCUT2D eigenvalue weighted by Crippen LogP contribution is 2.45. The first kappa shape index (κ1) is 110. The zero-order chi connectivity index (χ0) is 106. The number of nitrogens with zero attached hydrogens (tertiary/aromatic N) is 25. The summed E-state index contributed by atoms with van der Waals surface area (Å²) in [5, 5.41) is 49.6. The van der Waals surface area contributed by atoms with Crippen molar-refractivity contribution in [1.82, 2.24) is 115 Å². The summed E-state index contributed by atoms with van der Waals surface area (Å²) < 4.78 is 57.7. The Morgan fingerprint density at radius 3 is 1.07 bits per heavy atom. The van der Waals surface area contributed by atoms with Crippen LogP contribution in [0.4, 0.5) is 46.0 Å². The molecular weight excluding hydrogens is 2080 g/mol. The van der Waals surface area contributed by atoms with E-state index in [-0.39, 0.29) is 59.7 Å². The van der Waals surface area contributed by atoms with E-state index in [1.165, 1.54) is 70.5 Å². The van der Waals surface area contributed by atoms with E-state index >= 15 is 0 Å². The molecule has 16 heterocycles. The van der Waals surface area contributed by atoms with Gasteiger partial charge in [-0.15, -0.1) is 0 Å². The Balaban J connectivity index is 0.000000135. The fraction of sp³-hybridized carbons (Fsp3) is 0.538. The minimum atomic E-state index is -4.68. The van der Waals surface area contributed by atoms with Crippen LogP contribution in [0, 0.1) is 72.5 Å². The van der Waals surface area contributed by atoms with Gasteiger partial charge in [0.2, 0.25) is 5.91 Å². The number of aryl methyl sites for hydroxylation is 2. The van der Waals surface area contributed by atoms with E-state index in [9.17, 15) is 37.9 Å². The molecule has 0 spiro atoms. The van der Waals surface area contributed by atoms with Crippen molar-refractivity contribution in [1.29, 1.82) is 5.26 Å². The van der Waals surface area contributed by atoms with E-state index in [2.05, 4.69) is 117 Å². The number of alkyl carbamates (subject to hydrolysis) is 2. The molecule has 0 saturated carbocycles. The van der Waals surface area contributed by atoms with Crippen molar-refractivity contribution >= 4 is 179 Å². The lowest BCUT2D eigenvalue weighted by molar-refractivity contribution is -0.140. The number of piperidine rings is 4. The number of anilines is 4. The van der Waals surface area contributed by atoms with Crippen LogP contribution in [0.15, 0.2) is 97.6 Å². The van der Waals surface area contributed by atoms with Crippen LogP contribution in [0.5, 0.6) is 0 Å². The number of halogens is 11. The van der Waals surface area contributed by atoms with Gasteiger partial charge in [0, 0.05) is 178 Å². The Labute approximate surface area is 904 Å². The maximum Gasteiger partial charge on any atom is 0.437 e. The minimum Gasteiger partial charge on any atom is -0.453 e. The maximum absolute atomic E-state index is 13.8. The monoisotopic (exact) mass is 2200 g/mol. The van der Waals surface area contributed by atoms with Gasteiger partial charge in [-0.1, -0.05) is 117 Å². The zero-order valence-corrected chi connectivity index (χ0v) is 91.2. The molecule has 796 valence electrons. The Hall–Kier alpha value is -10.3. The summed E-state index contributed by atoms with van der Waals surface area (Å²) >= 11 is 50.1. The van der Waals surface area contributed by atoms with Gasteiger partial charge in [0.25, 0.3) is 0 Å². The van der Waals surface area contributed by atoms with Crippen LogP contribution in [-0.4, -0.2) is 293 Å². The van der Waals surface area contributed by atoms with Gasteiger partial charge in [0.05, 0.1) is 74.6 Å². The van der Waals surface area contributed by atoms with Crippen LogP contribution in [0.1, 0.15) is 169 Å². The molecule has 0 radical (unpaired) electrons. The number of hydrogen-bond donors (Lipinski definition) is 4. The van der Waals surface area contributed by atoms with Crippen molar-refractivity contribution in [2.75, 3.05) is 184 Å². The largest absolute Gasteiger partial charge is 0.453 e. The molecule has 45 heteroatoms. The van der Waals surface area contributed by atoms with Gasteiger partial charge >= 0.3 is 18.4 Å². The number of amides is 3. The number of methoxy groups -OCH3 is 2. The summed E-state index contributed by atoms with van der Waals surface area (Å²) in [5.41, 5.74) is 8.16. The average molecular weight is 2210 g/mol. The molecule has 8 fully saturated rings. The lowest BCUT2D eigenvalue weighted by Crippen LogP contribution is -2.54. The van der Waals surface area contributed by atoms with Crippen LogP contribution in [0.2, 0.25) is 40.2 Å². The predicted molar refractivity (Wildman–Crippen MR) is 577 cm³/mol. The lowest BCUT2D eigenvalue weighted by atomic mass is 9.80. The third-order valence-corrected chi connectivity index (χ3v) is 33.1. The molecule has 34 nitrogen and oxygen atoms in total. The molecule has 149 heavy (non-hydrogen) atoms. The summed E-state index contributed by atoms with van der Waals surface area (Å²) in [6.45, 7) is 36.0. The molecule has 4 aromatic carbocycles. The van der Waals surface area contributed by atoms with Gasteiger partial charge < -0.3 is 69.7 Å². The molecule has 0 aliphatic carbocycles. The predicted octanol–water partition coefficient (Wildman–Crippen LogP) is 18.7. The molecule has 20 rings (SSSR count). The molecule has 8 aliphatic heterocycles. The summed E-state index contributed by atoms with van der Waals surface area (Å²) in [5.74, 6) is 7.93. The fourth-order valence-corrected chi connectivity index (χ4v) is 24.4. The van der Waals surface area contributed by atoms with Gasteiger partial charge in [-0.3, -0.25) is 4.79 Å². The number of fused-ring (bicyclic) bond motifs is 4. The number of carbonyl (C=O) groups excluding carboxylic acids is 3. The summed E-state index contributed by atoms with van der Waals surface area (Å²) in [7, 11) is 2.78. The molecule has 12 aromatic rings. The number of alkyl halides is 3. The van der Waals surface area contributed by atoms with E-state index in [0.717, 1.165) is 211 Å². The third-order valence-electron chi connectivity index (χ3n) is 30.8. The van der Waals surface area contributed by atoms with Gasteiger partial charge in [-0.25, -0.2) is 68.2 Å². The number of aromatic nitrogens is 16. The SMILES string of the molecule is CC(=O)NCCN1CCC[C@@H](C2CN(c3cnc4c(C(F)(F)F)nn([C@H](C)c5ccc(Cl)cc5Cl)c4n3)C2)C1.COC(=O)NCCN1CCC[C@@H](C2CN(c3cnc4c(C)nn([C@H](C)c5ccc(Cl)cc5Cl)c4n3)C2)C1.COC(=O)NCCN1CCC[C@H](C2CN(c3cnc4c(C)nn([C@H](C)c5ccc(Cl)cc5Cl)c4n3)C2)C1.C[C@H](CCO)N1CCC[C@@H](C2CN(c3cnc4c(C#N)nn([C@H](C)c5ccc(Cl)cc5Cl)c4n3)C2)C1. The number of aliphatic hydroxyl groups is 1. The lowest BCUT2D eigenvalue weighted by Gasteiger charge is -2.48. The van der Waals surface area contributed by atoms with E-state index in [0.29, 0.717) is 136 Å². The molecular formula is C104H127Cl8F3N28O6. The molecule has 4 N–H and O–H groups in total. The number of nitriles is 1. The molecule has 0 unspecified atom stereocenters. The summed E-state index contributed by atoms with van der Waals surface area (Å²) in [4.78, 5) is 90.3. The van der Waals surface area contributed by atoms with Crippen LogP contribution in [0.3, 0.4) is 0 Å². The smallest absolute Gasteiger partial charge is 0.437 e. The average Bonchev–Trinajstić information content (AvgIpc) is 1.49. The van der Waals surface area contributed by atoms with Gasteiger partial charge in [0.1, 0.15) is 51.4 Å². The fourth-order valence-electron chi connectivity index (χ4n) is 22.1. The highest BCUT2D eigenvalue weighted by molar-refractivity contribution is 6.37. The van der Waals surface area contributed by atoms with Crippen molar-refractivity contribution in [3.8, 4) is 6.07 Å². The van der Waals surface area contributed by atoms with Crippen molar-refractivity contribution in [2.45, 2.75) is 150 Å². The number of carbonyl (C=O) groups is 3. The van der Waals surface area contributed by atoms with Gasteiger partial charge in [0.15, 0.2) is 34.0 Å². The number of rotatable bonds is 28. The zero-order valence-electron chi connectivity index (χ0n) is 85.2.